The summed E-state index contributed by atoms with van der Waals surface area (Å²) in [7, 11) is 0. The summed E-state index contributed by atoms with van der Waals surface area (Å²) >= 11 is 0. The van der Waals surface area contributed by atoms with Crippen LogP contribution in [0.3, 0.4) is 0 Å². The van der Waals surface area contributed by atoms with E-state index in [0.717, 1.165) is 25.7 Å². The maximum Gasteiger partial charge on any atom is 0.336 e. The highest BCUT2D eigenvalue weighted by Crippen LogP contribution is 2.45. The lowest BCUT2D eigenvalue weighted by Crippen LogP contribution is -2.52. The molecule has 2 aliphatic heterocycles. The van der Waals surface area contributed by atoms with Crippen LogP contribution in [0.1, 0.15) is 51.4 Å². The van der Waals surface area contributed by atoms with Gasteiger partial charge in [-0.1, -0.05) is 0 Å². The molecule has 2 heterocycles. The van der Waals surface area contributed by atoms with E-state index in [0.29, 0.717) is 23.8 Å². The van der Waals surface area contributed by atoms with E-state index in [4.69, 9.17) is 4.84 Å². The number of hydrogen-bond donors (Lipinski definition) is 0. The highest BCUT2D eigenvalue weighted by atomic mass is 16.7. The number of hydrogen-bond acceptors (Lipinski definition) is 6. The lowest BCUT2D eigenvalue weighted by molar-refractivity contribution is -0.201. The summed E-state index contributed by atoms with van der Waals surface area (Å²) in [6.45, 7) is 0. The summed E-state index contributed by atoms with van der Waals surface area (Å²) in [5.41, 5.74) is 0. The molecule has 27 heavy (non-hydrogen) atoms. The van der Waals surface area contributed by atoms with Gasteiger partial charge in [-0.3, -0.25) is 24.1 Å². The molecule has 4 aliphatic rings. The maximum atomic E-state index is 12.3. The van der Waals surface area contributed by atoms with Crippen LogP contribution in [0.2, 0.25) is 0 Å². The Labute approximate surface area is 156 Å². The van der Waals surface area contributed by atoms with Gasteiger partial charge in [0.15, 0.2) is 0 Å². The fourth-order valence-electron chi connectivity index (χ4n) is 4.72. The van der Waals surface area contributed by atoms with Crippen LogP contribution in [-0.4, -0.2) is 45.6 Å². The van der Waals surface area contributed by atoms with Gasteiger partial charge in [-0.25, -0.2) is 4.79 Å². The maximum absolute atomic E-state index is 12.3. The molecule has 1 saturated heterocycles. The molecular weight excluding hydrogens is 352 g/mol. The van der Waals surface area contributed by atoms with Crippen LogP contribution < -0.4 is 0 Å². The van der Waals surface area contributed by atoms with Crippen molar-refractivity contribution in [1.82, 2.24) is 9.96 Å². The Balaban J connectivity index is 1.29. The van der Waals surface area contributed by atoms with Crippen molar-refractivity contribution in [1.29, 1.82) is 0 Å². The Morgan fingerprint density at radius 1 is 0.852 bits per heavy atom. The third-order valence-corrected chi connectivity index (χ3v) is 6.36. The molecule has 2 unspecified atom stereocenters. The molecule has 0 aromatic heterocycles. The van der Waals surface area contributed by atoms with Crippen molar-refractivity contribution in [2.24, 2.45) is 17.8 Å². The third kappa shape index (κ3) is 3.17. The molecule has 4 rings (SSSR count). The fourth-order valence-corrected chi connectivity index (χ4v) is 4.72. The highest BCUT2D eigenvalue weighted by Gasteiger charge is 2.46. The molecule has 0 spiro atoms. The second-order valence-electron chi connectivity index (χ2n) is 7.79. The minimum absolute atomic E-state index is 0.0339. The minimum Gasteiger partial charge on any atom is -0.330 e. The van der Waals surface area contributed by atoms with Crippen LogP contribution in [0.5, 0.6) is 0 Å². The van der Waals surface area contributed by atoms with Crippen LogP contribution in [0.4, 0.5) is 0 Å². The highest BCUT2D eigenvalue weighted by molar-refractivity contribution is 6.13. The van der Waals surface area contributed by atoms with Gasteiger partial charge in [0.2, 0.25) is 0 Å². The van der Waals surface area contributed by atoms with Crippen molar-refractivity contribution in [3.63, 3.8) is 0 Å². The van der Waals surface area contributed by atoms with E-state index in [1.54, 1.807) is 0 Å². The van der Waals surface area contributed by atoms with Crippen molar-refractivity contribution in [3.8, 4) is 0 Å². The standard InChI is InChI=1S/C19H22N2O6/c22-15-7-8-16(23)20(15)14-6-5-13(14)11-1-3-12(4-2-11)19(26)27-21-17(24)9-10-18(21)25/h7-8,11-14H,1-6,9-10H2. The van der Waals surface area contributed by atoms with Crippen LogP contribution in [0.15, 0.2) is 12.2 Å². The monoisotopic (exact) mass is 374 g/mol. The molecule has 0 aromatic rings. The molecule has 0 aromatic carbocycles. The Hall–Kier alpha value is -2.51. The molecule has 2 saturated carbocycles. The molecule has 0 bridgehead atoms. The normalized spacial score (nSPS) is 33.6. The van der Waals surface area contributed by atoms with Crippen LogP contribution >= 0.6 is 0 Å². The smallest absolute Gasteiger partial charge is 0.330 e. The molecule has 2 atom stereocenters. The van der Waals surface area contributed by atoms with E-state index in [-0.39, 0.29) is 42.5 Å². The second kappa shape index (κ2) is 6.90. The Morgan fingerprint density at radius 2 is 1.44 bits per heavy atom. The van der Waals surface area contributed by atoms with Crippen LogP contribution in [0.25, 0.3) is 0 Å². The third-order valence-electron chi connectivity index (χ3n) is 6.36. The molecule has 8 nitrogen and oxygen atoms in total. The Morgan fingerprint density at radius 3 is 1.96 bits per heavy atom. The van der Waals surface area contributed by atoms with Crippen molar-refractivity contribution in [2.75, 3.05) is 0 Å². The first-order chi connectivity index (χ1) is 13.0. The van der Waals surface area contributed by atoms with Crippen molar-refractivity contribution in [2.45, 2.75) is 57.4 Å². The number of rotatable bonds is 4. The zero-order valence-electron chi connectivity index (χ0n) is 15.0. The van der Waals surface area contributed by atoms with Gasteiger partial charge in [-0.05, 0) is 50.4 Å². The van der Waals surface area contributed by atoms with E-state index in [2.05, 4.69) is 0 Å². The van der Waals surface area contributed by atoms with Gasteiger partial charge in [-0.2, -0.15) is 0 Å². The molecule has 3 fully saturated rings. The number of carbonyl (C=O) groups is 5. The van der Waals surface area contributed by atoms with E-state index in [1.807, 2.05) is 0 Å². The second-order valence-corrected chi connectivity index (χ2v) is 7.79. The first-order valence-corrected chi connectivity index (χ1v) is 9.58. The molecule has 2 aliphatic carbocycles. The van der Waals surface area contributed by atoms with Gasteiger partial charge in [0.1, 0.15) is 0 Å². The summed E-state index contributed by atoms with van der Waals surface area (Å²) in [5.74, 6) is -1.57. The van der Waals surface area contributed by atoms with E-state index < -0.39 is 17.8 Å². The summed E-state index contributed by atoms with van der Waals surface area (Å²) in [4.78, 5) is 65.6. The van der Waals surface area contributed by atoms with Crippen molar-refractivity contribution < 1.29 is 28.8 Å². The van der Waals surface area contributed by atoms with Crippen molar-refractivity contribution in [3.05, 3.63) is 12.2 Å². The molecule has 4 amide bonds. The zero-order valence-corrected chi connectivity index (χ0v) is 15.0. The SMILES string of the molecule is O=C(ON1C(=O)CCC1=O)C1CCC(C2CCC2N2C(=O)C=CC2=O)CC1. The van der Waals surface area contributed by atoms with Gasteiger partial charge in [-0.15, -0.1) is 5.06 Å². The van der Waals surface area contributed by atoms with Crippen LogP contribution in [0, 0.1) is 17.8 Å². The quantitative estimate of drug-likeness (QED) is 0.683. The van der Waals surface area contributed by atoms with E-state index >= 15 is 0 Å². The topological polar surface area (TPSA) is 101 Å². The largest absolute Gasteiger partial charge is 0.336 e. The number of hydroxylamine groups is 2. The molecule has 144 valence electrons. The summed E-state index contributed by atoms with van der Waals surface area (Å²) in [6, 6.07) is -0.0339. The van der Waals surface area contributed by atoms with Gasteiger partial charge < -0.3 is 4.84 Å². The molecule has 0 radical (unpaired) electrons. The number of nitrogens with zero attached hydrogens (tertiary/aromatic N) is 2. The number of amides is 4. The zero-order chi connectivity index (χ0) is 19.1. The average Bonchev–Trinajstić information content (AvgIpc) is 3.12. The van der Waals surface area contributed by atoms with Gasteiger partial charge in [0.05, 0.1) is 5.92 Å². The number of carbonyl (C=O) groups excluding carboxylic acids is 5. The summed E-state index contributed by atoms with van der Waals surface area (Å²) in [5, 5.41) is 0.605. The fraction of sp³-hybridized carbons (Fsp3) is 0.632. The Bertz CT molecular complexity index is 702. The van der Waals surface area contributed by atoms with E-state index in [9.17, 15) is 24.0 Å². The van der Waals surface area contributed by atoms with Gasteiger partial charge >= 0.3 is 5.97 Å². The molecular formula is C19H22N2O6. The summed E-state index contributed by atoms with van der Waals surface area (Å²) in [6.07, 6.45) is 7.53. The minimum atomic E-state index is -0.517. The first-order valence-electron chi connectivity index (χ1n) is 9.58. The number of imide groups is 2. The lowest BCUT2D eigenvalue weighted by Gasteiger charge is -2.47. The first kappa shape index (κ1) is 17.9. The van der Waals surface area contributed by atoms with Gasteiger partial charge in [0.25, 0.3) is 23.6 Å². The average molecular weight is 374 g/mol. The predicted molar refractivity (Wildman–Crippen MR) is 90.1 cm³/mol. The van der Waals surface area contributed by atoms with Crippen LogP contribution in [-0.2, 0) is 28.8 Å². The molecule has 8 heteroatoms. The van der Waals surface area contributed by atoms with E-state index in [1.165, 1.54) is 17.1 Å². The Kier molecular flexibility index (Phi) is 4.57. The summed E-state index contributed by atoms with van der Waals surface area (Å²) < 4.78 is 0. The van der Waals surface area contributed by atoms with Gasteiger partial charge in [0, 0.05) is 31.0 Å². The van der Waals surface area contributed by atoms with Crippen molar-refractivity contribution >= 4 is 29.6 Å². The predicted octanol–water partition coefficient (Wildman–Crippen LogP) is 1.10. The molecule has 0 N–H and O–H groups in total. The lowest BCUT2D eigenvalue weighted by atomic mass is 9.65.